The number of thioether (sulfide) groups is 1. The minimum absolute atomic E-state index is 0.0831. The Morgan fingerprint density at radius 3 is 2.68 bits per heavy atom. The predicted octanol–water partition coefficient (Wildman–Crippen LogP) is 4.73. The van der Waals surface area contributed by atoms with Gasteiger partial charge in [0.2, 0.25) is 0 Å². The van der Waals surface area contributed by atoms with E-state index in [2.05, 4.69) is 21.2 Å². The van der Waals surface area contributed by atoms with E-state index < -0.39 is 0 Å². The van der Waals surface area contributed by atoms with Crippen molar-refractivity contribution in [3.63, 3.8) is 0 Å². The zero-order valence-corrected chi connectivity index (χ0v) is 13.1. The summed E-state index contributed by atoms with van der Waals surface area (Å²) in [4.78, 5) is 13.4. The maximum atomic E-state index is 12.3. The second-order valence-electron chi connectivity index (χ2n) is 4.11. The van der Waals surface area contributed by atoms with Crippen LogP contribution in [0.3, 0.4) is 0 Å². The maximum Gasteiger partial charge on any atom is 0.255 e. The van der Waals surface area contributed by atoms with E-state index in [1.54, 1.807) is 11.8 Å². The van der Waals surface area contributed by atoms with Crippen LogP contribution in [-0.4, -0.2) is 12.2 Å². The number of aryl methyl sites for hydroxylation is 1. The van der Waals surface area contributed by atoms with Gasteiger partial charge < -0.3 is 5.32 Å². The second kappa shape index (κ2) is 6.26. The van der Waals surface area contributed by atoms with E-state index in [0.29, 0.717) is 5.56 Å². The highest BCUT2D eigenvalue weighted by Gasteiger charge is 2.11. The van der Waals surface area contributed by atoms with Crippen molar-refractivity contribution in [1.29, 1.82) is 0 Å². The van der Waals surface area contributed by atoms with Crippen LogP contribution in [0.5, 0.6) is 0 Å². The fourth-order valence-corrected chi connectivity index (χ4v) is 2.69. The van der Waals surface area contributed by atoms with Crippen molar-refractivity contribution in [1.82, 2.24) is 0 Å². The molecule has 0 bridgehead atoms. The van der Waals surface area contributed by atoms with Gasteiger partial charge in [0.1, 0.15) is 0 Å². The molecule has 98 valence electrons. The first-order valence-electron chi connectivity index (χ1n) is 5.82. The first-order chi connectivity index (χ1) is 9.11. The van der Waals surface area contributed by atoms with Gasteiger partial charge in [-0.15, -0.1) is 11.8 Å². The van der Waals surface area contributed by atoms with E-state index in [1.165, 1.54) is 0 Å². The Kier molecular flexibility index (Phi) is 4.66. The van der Waals surface area contributed by atoms with Crippen molar-refractivity contribution in [2.75, 3.05) is 11.6 Å². The minimum Gasteiger partial charge on any atom is -0.321 e. The molecule has 0 aromatic heterocycles. The van der Waals surface area contributed by atoms with Gasteiger partial charge in [0, 0.05) is 14.9 Å². The lowest BCUT2D eigenvalue weighted by Gasteiger charge is -2.11. The third-order valence-electron chi connectivity index (χ3n) is 2.80. The first kappa shape index (κ1) is 14.2. The minimum atomic E-state index is -0.0831. The number of rotatable bonds is 3. The van der Waals surface area contributed by atoms with Crippen LogP contribution in [0, 0.1) is 6.92 Å². The topological polar surface area (TPSA) is 29.1 Å². The molecule has 4 heteroatoms. The molecular formula is C15H14BrNOS. The molecule has 0 saturated heterocycles. The summed E-state index contributed by atoms with van der Waals surface area (Å²) in [5.41, 5.74) is 2.49. The van der Waals surface area contributed by atoms with Crippen LogP contribution in [0.15, 0.2) is 51.8 Å². The molecule has 0 heterocycles. The highest BCUT2D eigenvalue weighted by Crippen LogP contribution is 2.25. The number of anilines is 1. The molecule has 0 atom stereocenters. The highest BCUT2D eigenvalue weighted by molar-refractivity contribution is 9.10. The molecule has 2 aromatic rings. The van der Waals surface area contributed by atoms with E-state index in [1.807, 2.05) is 55.6 Å². The molecular weight excluding hydrogens is 322 g/mol. The number of carbonyl (C=O) groups is 1. The van der Waals surface area contributed by atoms with Crippen molar-refractivity contribution in [3.8, 4) is 0 Å². The summed E-state index contributed by atoms with van der Waals surface area (Å²) in [7, 11) is 0. The Hall–Kier alpha value is -1.26. The number of para-hydroxylation sites is 1. The van der Waals surface area contributed by atoms with Crippen molar-refractivity contribution in [3.05, 3.63) is 58.1 Å². The van der Waals surface area contributed by atoms with E-state index in [-0.39, 0.29) is 5.91 Å². The van der Waals surface area contributed by atoms with Gasteiger partial charge >= 0.3 is 0 Å². The molecule has 19 heavy (non-hydrogen) atoms. The number of halogens is 1. The summed E-state index contributed by atoms with van der Waals surface area (Å²) in [6.45, 7) is 1.93. The van der Waals surface area contributed by atoms with Crippen LogP contribution >= 0.6 is 27.7 Å². The van der Waals surface area contributed by atoms with Gasteiger partial charge in [0.15, 0.2) is 0 Å². The van der Waals surface area contributed by atoms with Gasteiger partial charge in [-0.1, -0.05) is 34.1 Å². The number of hydrogen-bond donors (Lipinski definition) is 1. The monoisotopic (exact) mass is 335 g/mol. The zero-order valence-electron chi connectivity index (χ0n) is 10.7. The fourth-order valence-electron chi connectivity index (χ4n) is 1.78. The first-order valence-corrected chi connectivity index (χ1v) is 7.84. The molecule has 2 nitrogen and oxygen atoms in total. The lowest BCUT2D eigenvalue weighted by Crippen LogP contribution is -2.13. The second-order valence-corrected chi connectivity index (χ2v) is 5.88. The number of amides is 1. The van der Waals surface area contributed by atoms with Crippen molar-refractivity contribution < 1.29 is 4.79 Å². The van der Waals surface area contributed by atoms with Gasteiger partial charge in [0.25, 0.3) is 5.91 Å². The van der Waals surface area contributed by atoms with Gasteiger partial charge in [-0.25, -0.2) is 0 Å². The number of carbonyl (C=O) groups excluding carboxylic acids is 1. The van der Waals surface area contributed by atoms with Crippen LogP contribution in [0.25, 0.3) is 0 Å². The van der Waals surface area contributed by atoms with E-state index >= 15 is 0 Å². The van der Waals surface area contributed by atoms with Crippen molar-refractivity contribution >= 4 is 39.3 Å². The highest BCUT2D eigenvalue weighted by atomic mass is 79.9. The molecule has 2 aromatic carbocycles. The molecule has 1 amide bonds. The average Bonchev–Trinajstić information content (AvgIpc) is 2.42. The smallest absolute Gasteiger partial charge is 0.255 e. The van der Waals surface area contributed by atoms with Gasteiger partial charge in [-0.3, -0.25) is 4.79 Å². The Bertz CT molecular complexity index is 613. The number of nitrogens with one attached hydrogen (secondary N) is 1. The normalized spacial score (nSPS) is 10.3. The third-order valence-corrected chi connectivity index (χ3v) is 4.09. The summed E-state index contributed by atoms with van der Waals surface area (Å²) >= 11 is 5.01. The molecule has 0 unspecified atom stereocenters. The quantitative estimate of drug-likeness (QED) is 0.821. The zero-order chi connectivity index (χ0) is 13.8. The van der Waals surface area contributed by atoms with E-state index in [4.69, 9.17) is 0 Å². The van der Waals surface area contributed by atoms with Gasteiger partial charge in [-0.05, 0) is 43.0 Å². The molecule has 0 fully saturated rings. The molecule has 0 aliphatic carbocycles. The Morgan fingerprint density at radius 2 is 1.95 bits per heavy atom. The largest absolute Gasteiger partial charge is 0.321 e. The van der Waals surface area contributed by atoms with Crippen molar-refractivity contribution in [2.24, 2.45) is 0 Å². The number of benzene rings is 2. The molecule has 0 spiro atoms. The van der Waals surface area contributed by atoms with Crippen LogP contribution in [0.4, 0.5) is 5.69 Å². The number of hydrogen-bond acceptors (Lipinski definition) is 2. The van der Waals surface area contributed by atoms with Gasteiger partial charge in [0.05, 0.1) is 5.69 Å². The van der Waals surface area contributed by atoms with E-state index in [0.717, 1.165) is 20.6 Å². The third kappa shape index (κ3) is 3.39. The summed E-state index contributed by atoms with van der Waals surface area (Å²) in [6.07, 6.45) is 2.00. The van der Waals surface area contributed by atoms with Crippen LogP contribution in [-0.2, 0) is 0 Å². The average molecular weight is 336 g/mol. The lowest BCUT2D eigenvalue weighted by atomic mass is 10.1. The molecule has 0 aliphatic heterocycles. The SMILES string of the molecule is CSc1ccccc1NC(=O)c1cc(Br)ccc1C. The molecule has 0 radical (unpaired) electrons. The fraction of sp³-hybridized carbons (Fsp3) is 0.133. The van der Waals surface area contributed by atoms with Crippen LogP contribution < -0.4 is 5.32 Å². The molecule has 0 saturated carbocycles. The summed E-state index contributed by atoms with van der Waals surface area (Å²) in [6, 6.07) is 13.5. The van der Waals surface area contributed by atoms with Gasteiger partial charge in [-0.2, -0.15) is 0 Å². The van der Waals surface area contributed by atoms with Crippen LogP contribution in [0.2, 0.25) is 0 Å². The Morgan fingerprint density at radius 1 is 1.21 bits per heavy atom. The molecule has 2 rings (SSSR count). The summed E-state index contributed by atoms with van der Waals surface area (Å²) in [5, 5.41) is 2.97. The summed E-state index contributed by atoms with van der Waals surface area (Å²) < 4.78 is 0.904. The Balaban J connectivity index is 2.28. The summed E-state index contributed by atoms with van der Waals surface area (Å²) in [5.74, 6) is -0.0831. The molecule has 0 aliphatic rings. The predicted molar refractivity (Wildman–Crippen MR) is 85.1 cm³/mol. The van der Waals surface area contributed by atoms with Crippen molar-refractivity contribution in [2.45, 2.75) is 11.8 Å². The van der Waals surface area contributed by atoms with Crippen LogP contribution in [0.1, 0.15) is 15.9 Å². The lowest BCUT2D eigenvalue weighted by molar-refractivity contribution is 0.102. The standard InChI is InChI=1S/C15H14BrNOS/c1-10-7-8-11(16)9-12(10)15(18)17-13-5-3-4-6-14(13)19-2/h3-9H,1-2H3,(H,17,18). The maximum absolute atomic E-state index is 12.3. The molecule has 1 N–H and O–H groups in total. The van der Waals surface area contributed by atoms with E-state index in [9.17, 15) is 4.79 Å². The Labute approximate surface area is 125 Å².